The first kappa shape index (κ1) is 15.4. The van der Waals surface area contributed by atoms with Crippen LogP contribution >= 0.6 is 0 Å². The molecule has 1 aromatic carbocycles. The van der Waals surface area contributed by atoms with Crippen LogP contribution in [0.5, 0.6) is 0 Å². The van der Waals surface area contributed by atoms with Crippen LogP contribution in [0.4, 0.5) is 4.39 Å². The molecule has 0 bridgehead atoms. The van der Waals surface area contributed by atoms with E-state index < -0.39 is 16.3 Å². The standard InChI is InChI=1S/C14H19FO4S/c1-11-2-4-13(5-3-11)20(16,17)19-9-7-12-6-8-18-10-14(12)15/h2-5,12,14H,6-10H2,1H3/t12-,14+/m1/s1. The Morgan fingerprint density at radius 3 is 2.70 bits per heavy atom. The van der Waals surface area contributed by atoms with Crippen LogP contribution in [0.1, 0.15) is 18.4 Å². The van der Waals surface area contributed by atoms with Gasteiger partial charge in [-0.25, -0.2) is 4.39 Å². The number of ether oxygens (including phenoxy) is 1. The second kappa shape index (κ2) is 6.65. The minimum Gasteiger partial charge on any atom is -0.378 e. The molecule has 6 heteroatoms. The van der Waals surface area contributed by atoms with Crippen molar-refractivity contribution in [3.05, 3.63) is 29.8 Å². The maximum atomic E-state index is 13.5. The number of halogens is 1. The fourth-order valence-corrected chi connectivity index (χ4v) is 3.08. The van der Waals surface area contributed by atoms with Gasteiger partial charge in [-0.2, -0.15) is 8.42 Å². The Hall–Kier alpha value is -0.980. The summed E-state index contributed by atoms with van der Waals surface area (Å²) in [6.45, 7) is 2.50. The van der Waals surface area contributed by atoms with Crippen molar-refractivity contribution in [1.29, 1.82) is 0 Å². The molecule has 2 atom stereocenters. The zero-order chi connectivity index (χ0) is 14.6. The van der Waals surface area contributed by atoms with Crippen molar-refractivity contribution < 1.29 is 21.7 Å². The third-order valence-corrected chi connectivity index (χ3v) is 4.78. The number of rotatable bonds is 5. The maximum absolute atomic E-state index is 13.5. The van der Waals surface area contributed by atoms with Gasteiger partial charge >= 0.3 is 0 Å². The van der Waals surface area contributed by atoms with Gasteiger partial charge in [0.25, 0.3) is 10.1 Å². The smallest absolute Gasteiger partial charge is 0.296 e. The summed E-state index contributed by atoms with van der Waals surface area (Å²) in [4.78, 5) is 0.131. The van der Waals surface area contributed by atoms with Crippen molar-refractivity contribution in [1.82, 2.24) is 0 Å². The number of hydrogen-bond donors (Lipinski definition) is 0. The molecule has 0 N–H and O–H groups in total. The Morgan fingerprint density at radius 2 is 2.05 bits per heavy atom. The average molecular weight is 302 g/mol. The minimum atomic E-state index is -3.75. The monoisotopic (exact) mass is 302 g/mol. The predicted octanol–water partition coefficient (Wildman–Crippen LogP) is 2.47. The third kappa shape index (κ3) is 4.01. The predicted molar refractivity (Wildman–Crippen MR) is 72.8 cm³/mol. The molecule has 20 heavy (non-hydrogen) atoms. The molecule has 0 radical (unpaired) electrons. The second-order valence-electron chi connectivity index (χ2n) is 5.02. The van der Waals surface area contributed by atoms with E-state index in [1.165, 1.54) is 12.1 Å². The molecule has 0 unspecified atom stereocenters. The van der Waals surface area contributed by atoms with Crippen molar-refractivity contribution in [2.45, 2.75) is 30.8 Å². The van der Waals surface area contributed by atoms with Crippen LogP contribution in [-0.4, -0.2) is 34.4 Å². The highest BCUT2D eigenvalue weighted by Crippen LogP contribution is 2.23. The first-order valence-corrected chi connectivity index (χ1v) is 8.08. The van der Waals surface area contributed by atoms with Gasteiger partial charge in [0.2, 0.25) is 0 Å². The van der Waals surface area contributed by atoms with E-state index in [2.05, 4.69) is 0 Å². The molecule has 112 valence electrons. The Kier molecular flexibility index (Phi) is 5.12. The number of aryl methyl sites for hydroxylation is 1. The third-order valence-electron chi connectivity index (χ3n) is 3.46. The van der Waals surface area contributed by atoms with Crippen molar-refractivity contribution in [2.75, 3.05) is 19.8 Å². The molecule has 1 aromatic rings. The summed E-state index contributed by atoms with van der Waals surface area (Å²) in [7, 11) is -3.75. The lowest BCUT2D eigenvalue weighted by molar-refractivity contribution is -0.00727. The van der Waals surface area contributed by atoms with Crippen molar-refractivity contribution in [3.8, 4) is 0 Å². The second-order valence-corrected chi connectivity index (χ2v) is 6.63. The molecular formula is C14H19FO4S. The van der Waals surface area contributed by atoms with Crippen LogP contribution < -0.4 is 0 Å². The fourth-order valence-electron chi connectivity index (χ4n) is 2.15. The molecule has 1 aliphatic heterocycles. The van der Waals surface area contributed by atoms with Gasteiger partial charge in [0.05, 0.1) is 18.1 Å². The molecule has 0 aliphatic carbocycles. The normalized spacial score (nSPS) is 23.7. The Balaban J connectivity index is 1.87. The van der Waals surface area contributed by atoms with Crippen LogP contribution in [0.2, 0.25) is 0 Å². The molecular weight excluding hydrogens is 283 g/mol. The number of alkyl halides is 1. The summed E-state index contributed by atoms with van der Waals surface area (Å²) < 4.78 is 47.3. The van der Waals surface area contributed by atoms with E-state index in [4.69, 9.17) is 8.92 Å². The molecule has 0 spiro atoms. The first-order valence-electron chi connectivity index (χ1n) is 6.67. The first-order chi connectivity index (χ1) is 9.49. The minimum absolute atomic E-state index is 0.00129. The van der Waals surface area contributed by atoms with Gasteiger partial charge < -0.3 is 4.74 Å². The Labute approximate surface area is 119 Å². The molecule has 0 saturated carbocycles. The van der Waals surface area contributed by atoms with Gasteiger partial charge in [0.1, 0.15) is 6.17 Å². The molecule has 0 amide bonds. The van der Waals surface area contributed by atoms with E-state index in [1.54, 1.807) is 12.1 Å². The summed E-state index contributed by atoms with van der Waals surface area (Å²) in [6.07, 6.45) is -0.0421. The summed E-state index contributed by atoms with van der Waals surface area (Å²) in [6, 6.07) is 6.45. The van der Waals surface area contributed by atoms with Crippen LogP contribution in [0.25, 0.3) is 0 Å². The van der Waals surface area contributed by atoms with E-state index >= 15 is 0 Å². The zero-order valence-corrected chi connectivity index (χ0v) is 12.2. The highest BCUT2D eigenvalue weighted by atomic mass is 32.2. The summed E-state index contributed by atoms with van der Waals surface area (Å²) in [5.74, 6) is -0.183. The topological polar surface area (TPSA) is 52.6 Å². The molecule has 1 fully saturated rings. The molecule has 1 saturated heterocycles. The molecule has 0 aromatic heterocycles. The lowest BCUT2D eigenvalue weighted by Gasteiger charge is -2.25. The van der Waals surface area contributed by atoms with Crippen molar-refractivity contribution in [3.63, 3.8) is 0 Å². The highest BCUT2D eigenvalue weighted by Gasteiger charge is 2.26. The largest absolute Gasteiger partial charge is 0.378 e. The fraction of sp³-hybridized carbons (Fsp3) is 0.571. The van der Waals surface area contributed by atoms with Crippen molar-refractivity contribution in [2.24, 2.45) is 5.92 Å². The van der Waals surface area contributed by atoms with E-state index in [0.717, 1.165) is 5.56 Å². The van der Waals surface area contributed by atoms with Gasteiger partial charge in [-0.05, 0) is 37.8 Å². The van der Waals surface area contributed by atoms with E-state index in [9.17, 15) is 12.8 Å². The van der Waals surface area contributed by atoms with Gasteiger partial charge in [-0.15, -0.1) is 0 Å². The van der Waals surface area contributed by atoms with E-state index in [-0.39, 0.29) is 24.0 Å². The molecule has 1 aliphatic rings. The van der Waals surface area contributed by atoms with Crippen LogP contribution in [0.15, 0.2) is 29.2 Å². The molecule has 2 rings (SSSR count). The summed E-state index contributed by atoms with van der Waals surface area (Å²) >= 11 is 0. The van der Waals surface area contributed by atoms with Gasteiger partial charge in [0.15, 0.2) is 0 Å². The number of benzene rings is 1. The SMILES string of the molecule is Cc1ccc(S(=O)(=O)OCC[C@H]2CCOC[C@@H]2F)cc1. The summed E-state index contributed by atoms with van der Waals surface area (Å²) in [5, 5.41) is 0. The van der Waals surface area contributed by atoms with Gasteiger partial charge in [-0.1, -0.05) is 17.7 Å². The quantitative estimate of drug-likeness (QED) is 0.784. The maximum Gasteiger partial charge on any atom is 0.296 e. The number of hydrogen-bond acceptors (Lipinski definition) is 4. The Morgan fingerprint density at radius 1 is 1.35 bits per heavy atom. The van der Waals surface area contributed by atoms with Crippen LogP contribution in [0, 0.1) is 12.8 Å². The van der Waals surface area contributed by atoms with E-state index in [0.29, 0.717) is 19.4 Å². The lowest BCUT2D eigenvalue weighted by atomic mass is 9.95. The van der Waals surface area contributed by atoms with E-state index in [1.807, 2.05) is 6.92 Å². The van der Waals surface area contributed by atoms with Gasteiger partial charge in [-0.3, -0.25) is 4.18 Å². The van der Waals surface area contributed by atoms with Crippen LogP contribution in [0.3, 0.4) is 0 Å². The Bertz CT molecular complexity index is 527. The molecule has 1 heterocycles. The van der Waals surface area contributed by atoms with Gasteiger partial charge in [0, 0.05) is 6.61 Å². The van der Waals surface area contributed by atoms with Crippen molar-refractivity contribution >= 4 is 10.1 Å². The molecule has 4 nitrogen and oxygen atoms in total. The highest BCUT2D eigenvalue weighted by molar-refractivity contribution is 7.86. The van der Waals surface area contributed by atoms with Crippen LogP contribution in [-0.2, 0) is 19.0 Å². The summed E-state index contributed by atoms with van der Waals surface area (Å²) in [5.41, 5.74) is 0.978. The lowest BCUT2D eigenvalue weighted by Crippen LogP contribution is -2.30. The average Bonchev–Trinajstić information content (AvgIpc) is 2.41. The zero-order valence-electron chi connectivity index (χ0n) is 11.4.